The van der Waals surface area contributed by atoms with Crippen molar-refractivity contribution >= 4 is 33.6 Å². The zero-order chi connectivity index (χ0) is 16.2. The Hall–Kier alpha value is -1.84. The minimum atomic E-state index is -4.76. The van der Waals surface area contributed by atoms with E-state index in [0.29, 0.717) is 0 Å². The third-order valence-corrected chi connectivity index (χ3v) is 2.84. The summed E-state index contributed by atoms with van der Waals surface area (Å²) in [4.78, 5) is 22.3. The van der Waals surface area contributed by atoms with Gasteiger partial charge in [0.2, 0.25) is 0 Å². The van der Waals surface area contributed by atoms with E-state index in [2.05, 4.69) is 15.9 Å². The first-order valence-corrected chi connectivity index (χ1v) is 6.17. The van der Waals surface area contributed by atoms with Crippen LogP contribution >= 0.6 is 15.9 Å². The summed E-state index contributed by atoms with van der Waals surface area (Å²) in [6, 6.07) is 1.90. The molecule has 0 atom stereocenters. The molecule has 1 aromatic rings. The van der Waals surface area contributed by atoms with Gasteiger partial charge in [-0.15, -0.1) is 0 Å². The van der Waals surface area contributed by atoms with Crippen LogP contribution in [-0.2, 0) is 4.79 Å². The standard InChI is InChI=1S/C11H9BrF4N2O3/c12-7-2-1-6(13)3-8(7)17-10(21)18(4-9(19)20)5-11(14,15)16/h1-3H,4-5H2,(H,17,21)(H,19,20). The van der Waals surface area contributed by atoms with Gasteiger partial charge in [-0.05, 0) is 34.1 Å². The summed E-state index contributed by atoms with van der Waals surface area (Å²) in [6.07, 6.45) is -4.76. The van der Waals surface area contributed by atoms with Crippen LogP contribution in [-0.4, -0.2) is 41.3 Å². The molecular weight excluding hydrogens is 364 g/mol. The Morgan fingerprint density at radius 1 is 1.33 bits per heavy atom. The molecule has 2 amide bonds. The molecule has 0 unspecified atom stereocenters. The molecule has 0 bridgehead atoms. The topological polar surface area (TPSA) is 69.6 Å². The predicted octanol–water partition coefficient (Wildman–Crippen LogP) is 3.07. The highest BCUT2D eigenvalue weighted by atomic mass is 79.9. The molecule has 5 nitrogen and oxygen atoms in total. The molecule has 0 aliphatic carbocycles. The lowest BCUT2D eigenvalue weighted by Gasteiger charge is -2.22. The third-order valence-electron chi connectivity index (χ3n) is 2.15. The highest BCUT2D eigenvalue weighted by Crippen LogP contribution is 2.24. The first kappa shape index (κ1) is 17.2. The van der Waals surface area contributed by atoms with E-state index in [0.717, 1.165) is 12.1 Å². The normalized spacial score (nSPS) is 11.1. The largest absolute Gasteiger partial charge is 0.480 e. The number of amides is 2. The van der Waals surface area contributed by atoms with Crippen LogP contribution in [0.15, 0.2) is 22.7 Å². The fraction of sp³-hybridized carbons (Fsp3) is 0.273. The molecule has 0 saturated carbocycles. The SMILES string of the molecule is O=C(O)CN(CC(F)(F)F)C(=O)Nc1cc(F)ccc1Br. The predicted molar refractivity (Wildman–Crippen MR) is 68.4 cm³/mol. The van der Waals surface area contributed by atoms with Gasteiger partial charge in [0.1, 0.15) is 18.9 Å². The van der Waals surface area contributed by atoms with Gasteiger partial charge in [-0.25, -0.2) is 9.18 Å². The number of alkyl halides is 3. The second-order valence-corrected chi connectivity index (χ2v) is 4.77. The van der Waals surface area contributed by atoms with Crippen molar-refractivity contribution < 1.29 is 32.3 Å². The average molecular weight is 373 g/mol. The van der Waals surface area contributed by atoms with Crippen molar-refractivity contribution in [2.45, 2.75) is 6.18 Å². The van der Waals surface area contributed by atoms with E-state index in [4.69, 9.17) is 5.11 Å². The molecule has 0 aromatic heterocycles. The Labute approximate surface area is 124 Å². The Balaban J connectivity index is 2.89. The number of rotatable bonds is 4. The third kappa shape index (κ3) is 5.98. The minimum Gasteiger partial charge on any atom is -0.480 e. The summed E-state index contributed by atoms with van der Waals surface area (Å²) in [6.45, 7) is -2.88. The van der Waals surface area contributed by atoms with Crippen LogP contribution in [0.25, 0.3) is 0 Å². The van der Waals surface area contributed by atoms with Crippen molar-refractivity contribution in [1.82, 2.24) is 4.90 Å². The molecule has 116 valence electrons. The van der Waals surface area contributed by atoms with Crippen LogP contribution < -0.4 is 5.32 Å². The molecular formula is C11H9BrF4N2O3. The van der Waals surface area contributed by atoms with Crippen LogP contribution in [0.5, 0.6) is 0 Å². The quantitative estimate of drug-likeness (QED) is 0.798. The maximum atomic E-state index is 13.0. The van der Waals surface area contributed by atoms with E-state index >= 15 is 0 Å². The summed E-state index contributed by atoms with van der Waals surface area (Å²) in [5.41, 5.74) is -0.113. The average Bonchev–Trinajstić information content (AvgIpc) is 2.30. The number of carbonyl (C=O) groups is 2. The van der Waals surface area contributed by atoms with Gasteiger partial charge in [0.15, 0.2) is 0 Å². The lowest BCUT2D eigenvalue weighted by molar-refractivity contribution is -0.148. The summed E-state index contributed by atoms with van der Waals surface area (Å²) in [7, 11) is 0. The van der Waals surface area contributed by atoms with Crippen LogP contribution in [0.4, 0.5) is 28.0 Å². The van der Waals surface area contributed by atoms with Gasteiger partial charge in [-0.2, -0.15) is 13.2 Å². The van der Waals surface area contributed by atoms with E-state index in [9.17, 15) is 27.2 Å². The first-order valence-electron chi connectivity index (χ1n) is 5.38. The number of carboxylic acid groups (broad SMARTS) is 1. The van der Waals surface area contributed by atoms with E-state index < -0.39 is 37.1 Å². The zero-order valence-corrected chi connectivity index (χ0v) is 11.8. The number of benzene rings is 1. The van der Waals surface area contributed by atoms with E-state index in [-0.39, 0.29) is 15.1 Å². The van der Waals surface area contributed by atoms with E-state index in [1.54, 1.807) is 0 Å². The summed E-state index contributed by atoms with van der Waals surface area (Å²) >= 11 is 2.98. The van der Waals surface area contributed by atoms with Crippen molar-refractivity contribution in [2.24, 2.45) is 0 Å². The number of urea groups is 1. The van der Waals surface area contributed by atoms with E-state index in [1.165, 1.54) is 6.07 Å². The van der Waals surface area contributed by atoms with Crippen molar-refractivity contribution in [3.05, 3.63) is 28.5 Å². The Bertz CT molecular complexity index is 551. The van der Waals surface area contributed by atoms with Gasteiger partial charge < -0.3 is 15.3 Å². The molecule has 0 spiro atoms. The summed E-state index contributed by atoms with van der Waals surface area (Å²) in [5.74, 6) is -2.32. The van der Waals surface area contributed by atoms with Crippen molar-refractivity contribution in [3.8, 4) is 0 Å². The maximum Gasteiger partial charge on any atom is 0.406 e. The minimum absolute atomic E-state index is 0.0552. The number of carboxylic acids is 1. The summed E-state index contributed by atoms with van der Waals surface area (Å²) < 4.78 is 50.2. The molecule has 0 radical (unpaired) electrons. The fourth-order valence-corrected chi connectivity index (χ4v) is 1.71. The fourth-order valence-electron chi connectivity index (χ4n) is 1.37. The number of carbonyl (C=O) groups excluding carboxylic acids is 1. The van der Waals surface area contributed by atoms with Gasteiger partial charge >= 0.3 is 18.2 Å². The Morgan fingerprint density at radius 3 is 2.48 bits per heavy atom. The van der Waals surface area contributed by atoms with Crippen LogP contribution in [0.2, 0.25) is 0 Å². The number of hydrogen-bond acceptors (Lipinski definition) is 2. The molecule has 10 heteroatoms. The lowest BCUT2D eigenvalue weighted by atomic mass is 10.3. The lowest BCUT2D eigenvalue weighted by Crippen LogP contribution is -2.44. The van der Waals surface area contributed by atoms with Gasteiger partial charge in [0.25, 0.3) is 0 Å². The van der Waals surface area contributed by atoms with Crippen LogP contribution in [0, 0.1) is 5.82 Å². The Morgan fingerprint density at radius 2 is 1.95 bits per heavy atom. The molecule has 0 aliphatic rings. The number of halogens is 5. The van der Waals surface area contributed by atoms with Gasteiger partial charge in [-0.3, -0.25) is 4.79 Å². The second-order valence-electron chi connectivity index (χ2n) is 3.92. The van der Waals surface area contributed by atoms with Crippen molar-refractivity contribution in [3.63, 3.8) is 0 Å². The first-order chi connectivity index (χ1) is 9.58. The monoisotopic (exact) mass is 372 g/mol. The number of nitrogens with zero attached hydrogens (tertiary/aromatic N) is 1. The molecule has 0 fully saturated rings. The number of aliphatic carboxylic acids is 1. The van der Waals surface area contributed by atoms with Crippen LogP contribution in [0.1, 0.15) is 0 Å². The van der Waals surface area contributed by atoms with Gasteiger partial charge in [0.05, 0.1) is 5.69 Å². The molecule has 1 aromatic carbocycles. The van der Waals surface area contributed by atoms with E-state index in [1.807, 2.05) is 5.32 Å². The zero-order valence-electron chi connectivity index (χ0n) is 10.2. The van der Waals surface area contributed by atoms with Crippen molar-refractivity contribution in [1.29, 1.82) is 0 Å². The van der Waals surface area contributed by atoms with Crippen molar-refractivity contribution in [2.75, 3.05) is 18.4 Å². The smallest absolute Gasteiger partial charge is 0.406 e. The molecule has 0 aliphatic heterocycles. The Kier molecular flexibility index (Phi) is 5.53. The maximum absolute atomic E-state index is 13.0. The molecule has 0 heterocycles. The van der Waals surface area contributed by atoms with Gasteiger partial charge in [0, 0.05) is 4.47 Å². The molecule has 0 saturated heterocycles. The number of hydrogen-bond donors (Lipinski definition) is 2. The second kappa shape index (κ2) is 6.74. The molecule has 2 N–H and O–H groups in total. The number of anilines is 1. The molecule has 1 rings (SSSR count). The van der Waals surface area contributed by atoms with Crippen LogP contribution in [0.3, 0.4) is 0 Å². The summed E-state index contributed by atoms with van der Waals surface area (Å²) in [5, 5.41) is 10.6. The van der Waals surface area contributed by atoms with Gasteiger partial charge in [-0.1, -0.05) is 0 Å². The highest BCUT2D eigenvalue weighted by Gasteiger charge is 2.34. The highest BCUT2D eigenvalue weighted by molar-refractivity contribution is 9.10. The number of nitrogens with one attached hydrogen (secondary N) is 1. The molecule has 21 heavy (non-hydrogen) atoms.